The topological polar surface area (TPSA) is 109 Å². The standard InChI is InChI=1S/C20H14ClF5N4O4S/c1-8(31)9(2)34-18-15(3-10(22)7-28-18)35-14-5-13(12(23)4-11(14)21)29-17(32)6-16(20(24,25)26)30(27)19(29)33/h3-7,9H,27H2,1-2H3. The summed E-state index contributed by atoms with van der Waals surface area (Å²) in [6.07, 6.45) is -5.24. The largest absolute Gasteiger partial charge is 0.466 e. The lowest BCUT2D eigenvalue weighted by Gasteiger charge is -2.16. The van der Waals surface area contributed by atoms with E-state index in [-0.39, 0.29) is 41.8 Å². The number of nitrogen functional groups attached to an aromatic ring is 1. The van der Waals surface area contributed by atoms with Crippen molar-refractivity contribution in [2.45, 2.75) is 35.9 Å². The minimum atomic E-state index is -5.12. The Morgan fingerprint density at radius 1 is 1.17 bits per heavy atom. The molecule has 0 radical (unpaired) electrons. The number of benzene rings is 1. The number of nitrogens with zero attached hydrogens (tertiary/aromatic N) is 3. The van der Waals surface area contributed by atoms with Crippen molar-refractivity contribution in [2.24, 2.45) is 0 Å². The molecular weight excluding hydrogens is 523 g/mol. The van der Waals surface area contributed by atoms with Crippen LogP contribution in [0.1, 0.15) is 19.5 Å². The average molecular weight is 537 g/mol. The molecule has 0 saturated heterocycles. The number of hydrogen-bond donors (Lipinski definition) is 1. The molecule has 0 bridgehead atoms. The van der Waals surface area contributed by atoms with Gasteiger partial charge in [-0.1, -0.05) is 23.4 Å². The molecule has 2 heterocycles. The predicted octanol–water partition coefficient (Wildman–Crippen LogP) is 3.57. The fourth-order valence-electron chi connectivity index (χ4n) is 2.70. The molecule has 1 unspecified atom stereocenters. The van der Waals surface area contributed by atoms with Gasteiger partial charge in [0.25, 0.3) is 5.56 Å². The second-order valence-electron chi connectivity index (χ2n) is 7.02. The van der Waals surface area contributed by atoms with Crippen molar-refractivity contribution in [3.63, 3.8) is 0 Å². The molecule has 8 nitrogen and oxygen atoms in total. The van der Waals surface area contributed by atoms with Crippen molar-refractivity contribution in [1.29, 1.82) is 0 Å². The van der Waals surface area contributed by atoms with Gasteiger partial charge in [-0.15, -0.1) is 0 Å². The first kappa shape index (κ1) is 26.2. The minimum absolute atomic E-state index is 0.00596. The van der Waals surface area contributed by atoms with Crippen molar-refractivity contribution in [1.82, 2.24) is 14.2 Å². The van der Waals surface area contributed by atoms with Crippen LogP contribution in [0.4, 0.5) is 22.0 Å². The zero-order chi connectivity index (χ0) is 26.2. The molecule has 35 heavy (non-hydrogen) atoms. The summed E-state index contributed by atoms with van der Waals surface area (Å²) in [4.78, 5) is 40.0. The highest BCUT2D eigenvalue weighted by Gasteiger charge is 2.36. The molecule has 15 heteroatoms. The smallest absolute Gasteiger partial charge is 0.433 e. The van der Waals surface area contributed by atoms with Gasteiger partial charge < -0.3 is 10.6 Å². The van der Waals surface area contributed by atoms with Crippen molar-refractivity contribution < 1.29 is 31.5 Å². The number of carbonyl (C=O) groups excluding carboxylic acids is 1. The first-order valence-corrected chi connectivity index (χ1v) is 10.6. The molecule has 3 aromatic rings. The van der Waals surface area contributed by atoms with Gasteiger partial charge in [-0.25, -0.2) is 27.8 Å². The van der Waals surface area contributed by atoms with E-state index >= 15 is 0 Å². The number of nitrogens with two attached hydrogens (primary N) is 1. The summed E-state index contributed by atoms with van der Waals surface area (Å²) in [7, 11) is 0. The van der Waals surface area contributed by atoms with E-state index in [4.69, 9.17) is 22.2 Å². The molecule has 0 aliphatic carbocycles. The van der Waals surface area contributed by atoms with Gasteiger partial charge in [0.1, 0.15) is 11.6 Å². The highest BCUT2D eigenvalue weighted by atomic mass is 35.5. The highest BCUT2D eigenvalue weighted by Crippen LogP contribution is 2.39. The maximum atomic E-state index is 14.7. The molecule has 186 valence electrons. The molecule has 0 aliphatic rings. The molecule has 0 aliphatic heterocycles. The Bertz CT molecular complexity index is 1440. The third-order valence-electron chi connectivity index (χ3n) is 4.54. The van der Waals surface area contributed by atoms with E-state index < -0.39 is 46.5 Å². The number of pyridine rings is 1. The maximum absolute atomic E-state index is 14.7. The van der Waals surface area contributed by atoms with Crippen LogP contribution >= 0.6 is 23.4 Å². The molecule has 3 rings (SSSR count). The lowest BCUT2D eigenvalue weighted by molar-refractivity contribution is -0.143. The number of aromatic nitrogens is 3. The van der Waals surface area contributed by atoms with Crippen LogP contribution in [0.15, 0.2) is 49.8 Å². The number of ketones is 1. The van der Waals surface area contributed by atoms with Gasteiger partial charge >= 0.3 is 11.9 Å². The number of hydrogen-bond acceptors (Lipinski definition) is 7. The highest BCUT2D eigenvalue weighted by molar-refractivity contribution is 7.99. The first-order valence-electron chi connectivity index (χ1n) is 9.42. The molecule has 2 aromatic heterocycles. The van der Waals surface area contributed by atoms with Crippen LogP contribution in [0, 0.1) is 11.6 Å². The van der Waals surface area contributed by atoms with E-state index in [1.807, 2.05) is 0 Å². The Morgan fingerprint density at radius 3 is 2.43 bits per heavy atom. The van der Waals surface area contributed by atoms with Gasteiger partial charge in [-0.2, -0.15) is 13.2 Å². The van der Waals surface area contributed by atoms with E-state index in [9.17, 15) is 36.3 Å². The van der Waals surface area contributed by atoms with Crippen LogP contribution in [0.5, 0.6) is 5.88 Å². The van der Waals surface area contributed by atoms with Crippen molar-refractivity contribution in [3.8, 4) is 11.6 Å². The van der Waals surface area contributed by atoms with Gasteiger partial charge in [0.15, 0.2) is 17.6 Å². The summed E-state index contributed by atoms with van der Waals surface area (Å²) < 4.78 is 72.8. The number of ether oxygens (including phenoxy) is 1. The van der Waals surface area contributed by atoms with Crippen molar-refractivity contribution in [3.05, 3.63) is 73.7 Å². The quantitative estimate of drug-likeness (QED) is 0.379. The second kappa shape index (κ2) is 9.70. The molecule has 1 aromatic carbocycles. The number of Topliss-reactive ketones (excluding diaryl/α,β-unsaturated/α-hetero) is 1. The Hall–Kier alpha value is -3.39. The zero-order valence-corrected chi connectivity index (χ0v) is 19.3. The summed E-state index contributed by atoms with van der Waals surface area (Å²) in [6, 6.07) is 2.61. The van der Waals surface area contributed by atoms with Crippen molar-refractivity contribution in [2.75, 3.05) is 5.84 Å². The fraction of sp³-hybridized carbons (Fsp3) is 0.200. The molecular formula is C20H14ClF5N4O4S. The summed E-state index contributed by atoms with van der Waals surface area (Å²) in [5, 5.41) is -0.251. The molecule has 0 amide bonds. The van der Waals surface area contributed by atoms with E-state index in [2.05, 4.69) is 4.98 Å². The molecule has 0 fully saturated rings. The van der Waals surface area contributed by atoms with Crippen LogP contribution in [0.3, 0.4) is 0 Å². The Labute approximate surface area is 202 Å². The van der Waals surface area contributed by atoms with Crippen LogP contribution in [0.25, 0.3) is 5.69 Å². The second-order valence-corrected chi connectivity index (χ2v) is 8.51. The minimum Gasteiger partial charge on any atom is -0.466 e. The van der Waals surface area contributed by atoms with Crippen LogP contribution in [0.2, 0.25) is 5.02 Å². The van der Waals surface area contributed by atoms with E-state index in [0.29, 0.717) is 17.8 Å². The molecule has 2 N–H and O–H groups in total. The zero-order valence-electron chi connectivity index (χ0n) is 17.7. The molecule has 1 atom stereocenters. The number of halogens is 6. The summed E-state index contributed by atoms with van der Waals surface area (Å²) in [5.41, 5.74) is -5.68. The normalized spacial score (nSPS) is 12.5. The molecule has 0 saturated carbocycles. The fourth-order valence-corrected chi connectivity index (χ4v) is 3.89. The Kier molecular flexibility index (Phi) is 7.26. The van der Waals surface area contributed by atoms with E-state index in [1.54, 1.807) is 0 Å². The Morgan fingerprint density at radius 2 is 1.83 bits per heavy atom. The van der Waals surface area contributed by atoms with Gasteiger partial charge in [0, 0.05) is 11.0 Å². The van der Waals surface area contributed by atoms with Gasteiger partial charge in [0.2, 0.25) is 5.88 Å². The van der Waals surface area contributed by atoms with Crippen LogP contribution < -0.4 is 21.8 Å². The van der Waals surface area contributed by atoms with Crippen LogP contribution in [-0.4, -0.2) is 26.1 Å². The van der Waals surface area contributed by atoms with Crippen molar-refractivity contribution >= 4 is 29.1 Å². The third-order valence-corrected chi connectivity index (χ3v) is 6.03. The van der Waals surface area contributed by atoms with Gasteiger partial charge in [0.05, 0.1) is 21.8 Å². The predicted molar refractivity (Wildman–Crippen MR) is 116 cm³/mol. The van der Waals surface area contributed by atoms with E-state index in [1.165, 1.54) is 13.8 Å². The Balaban J connectivity index is 2.15. The molecule has 0 spiro atoms. The first-order chi connectivity index (χ1) is 16.2. The maximum Gasteiger partial charge on any atom is 0.433 e. The van der Waals surface area contributed by atoms with Gasteiger partial charge in [-0.3, -0.25) is 9.59 Å². The number of rotatable bonds is 6. The average Bonchev–Trinajstić information content (AvgIpc) is 2.74. The lowest BCUT2D eigenvalue weighted by atomic mass is 10.3. The number of carbonyl (C=O) groups is 1. The summed E-state index contributed by atoms with van der Waals surface area (Å²) in [5.74, 6) is 2.66. The monoisotopic (exact) mass is 536 g/mol. The van der Waals surface area contributed by atoms with Crippen LogP contribution in [-0.2, 0) is 11.0 Å². The van der Waals surface area contributed by atoms with E-state index in [0.717, 1.165) is 18.3 Å². The van der Waals surface area contributed by atoms with Gasteiger partial charge in [-0.05, 0) is 32.0 Å². The third kappa shape index (κ3) is 5.48. The summed E-state index contributed by atoms with van der Waals surface area (Å²) in [6.45, 7) is 2.69. The summed E-state index contributed by atoms with van der Waals surface area (Å²) >= 11 is 6.75. The SMILES string of the molecule is CC(=O)C(C)Oc1ncc(F)cc1Sc1cc(-n2c(=O)cc(C(F)(F)F)n(N)c2=O)c(F)cc1Cl. The number of alkyl halides is 3. The lowest BCUT2D eigenvalue weighted by Crippen LogP contribution is -2.45.